The Kier molecular flexibility index (Phi) is 4.23. The molecule has 0 aliphatic rings. The molecule has 0 amide bonds. The Bertz CT molecular complexity index is 1280. The highest BCUT2D eigenvalue weighted by atomic mass is 16.1. The van der Waals surface area contributed by atoms with Crippen LogP contribution in [-0.4, -0.2) is 20.1 Å². The Balaban J connectivity index is 1.90. The number of Topliss-reactive ketones (excluding diaryl/α,β-unsaturated/α-hetero) is 1. The number of rotatable bonds is 3. The fourth-order valence-corrected chi connectivity index (χ4v) is 3.63. The molecule has 2 heterocycles. The second kappa shape index (κ2) is 6.60. The van der Waals surface area contributed by atoms with Crippen LogP contribution in [0.5, 0.6) is 0 Å². The predicted octanol–water partition coefficient (Wildman–Crippen LogP) is 4.12. The number of carbonyl (C=O) groups is 1. The Hall–Kier alpha value is -3.47. The van der Waals surface area contributed by atoms with Gasteiger partial charge in [0.15, 0.2) is 5.78 Å². The van der Waals surface area contributed by atoms with E-state index in [1.54, 1.807) is 16.3 Å². The topological polar surface area (TPSA) is 56.9 Å². The van der Waals surface area contributed by atoms with Crippen LogP contribution < -0.4 is 5.56 Å². The molecule has 0 radical (unpaired) electrons. The van der Waals surface area contributed by atoms with E-state index in [1.165, 1.54) is 6.92 Å². The second-order valence-corrected chi connectivity index (χ2v) is 7.20. The summed E-state index contributed by atoms with van der Waals surface area (Å²) in [6.45, 7) is 3.43. The van der Waals surface area contributed by atoms with Crippen molar-refractivity contribution in [2.75, 3.05) is 0 Å². The number of fused-ring (bicyclic) bond motifs is 1. The largest absolute Gasteiger partial charge is 0.311 e. The molecular formula is C23H21N3O2. The van der Waals surface area contributed by atoms with Crippen molar-refractivity contribution in [3.63, 3.8) is 0 Å². The summed E-state index contributed by atoms with van der Waals surface area (Å²) in [5.41, 5.74) is 5.18. The van der Waals surface area contributed by atoms with Gasteiger partial charge in [0.25, 0.3) is 5.56 Å². The molecule has 0 N–H and O–H groups in total. The fraction of sp³-hybridized carbons (Fsp3) is 0.174. The van der Waals surface area contributed by atoms with Crippen molar-refractivity contribution < 1.29 is 4.79 Å². The summed E-state index contributed by atoms with van der Waals surface area (Å²) in [5.74, 6) is -0.0418. The highest BCUT2D eigenvalue weighted by Crippen LogP contribution is 2.27. The van der Waals surface area contributed by atoms with Gasteiger partial charge in [0.05, 0.1) is 11.9 Å². The van der Waals surface area contributed by atoms with Crippen LogP contribution in [-0.2, 0) is 14.1 Å². The minimum absolute atomic E-state index is 0.0418. The Labute approximate surface area is 162 Å². The highest BCUT2D eigenvalue weighted by molar-refractivity contribution is 6.07. The molecule has 0 atom stereocenters. The van der Waals surface area contributed by atoms with Crippen molar-refractivity contribution in [2.24, 2.45) is 14.1 Å². The molecule has 140 valence electrons. The molecule has 0 bridgehead atoms. The lowest BCUT2D eigenvalue weighted by atomic mass is 9.97. The molecule has 0 unspecified atom stereocenters. The zero-order valence-corrected chi connectivity index (χ0v) is 16.4. The maximum Gasteiger partial charge on any atom is 0.258 e. The number of ketones is 1. The first-order valence-corrected chi connectivity index (χ1v) is 9.10. The molecule has 4 aromatic rings. The Morgan fingerprint density at radius 3 is 2.21 bits per heavy atom. The number of pyridine rings is 1. The normalized spacial score (nSPS) is 11.1. The number of nitrogens with zero attached hydrogens (tertiary/aromatic N) is 3. The van der Waals surface area contributed by atoms with Gasteiger partial charge >= 0.3 is 0 Å². The van der Waals surface area contributed by atoms with E-state index in [9.17, 15) is 9.59 Å². The van der Waals surface area contributed by atoms with E-state index in [2.05, 4.69) is 5.10 Å². The highest BCUT2D eigenvalue weighted by Gasteiger charge is 2.14. The SMILES string of the molecule is CC(=O)c1cc(C)cc2c(=O)n(C)c(-c3ccc(-c4cnn(C)c4)cc3)cc12. The third-order valence-corrected chi connectivity index (χ3v) is 5.10. The summed E-state index contributed by atoms with van der Waals surface area (Å²) < 4.78 is 3.41. The molecule has 5 heteroatoms. The van der Waals surface area contributed by atoms with E-state index in [0.717, 1.165) is 27.9 Å². The van der Waals surface area contributed by atoms with E-state index in [-0.39, 0.29) is 11.3 Å². The van der Waals surface area contributed by atoms with E-state index >= 15 is 0 Å². The molecule has 0 fully saturated rings. The number of aryl methyl sites for hydroxylation is 2. The third-order valence-electron chi connectivity index (χ3n) is 5.10. The summed E-state index contributed by atoms with van der Waals surface area (Å²) in [6.07, 6.45) is 3.78. The van der Waals surface area contributed by atoms with E-state index in [1.807, 2.05) is 68.8 Å². The Morgan fingerprint density at radius 1 is 0.929 bits per heavy atom. The molecule has 0 saturated carbocycles. The van der Waals surface area contributed by atoms with Gasteiger partial charge in [-0.2, -0.15) is 5.10 Å². The van der Waals surface area contributed by atoms with Crippen LogP contribution in [0, 0.1) is 6.92 Å². The van der Waals surface area contributed by atoms with Crippen LogP contribution >= 0.6 is 0 Å². The second-order valence-electron chi connectivity index (χ2n) is 7.20. The lowest BCUT2D eigenvalue weighted by Gasteiger charge is -2.13. The first-order chi connectivity index (χ1) is 13.3. The molecule has 0 aliphatic heterocycles. The summed E-state index contributed by atoms with van der Waals surface area (Å²) >= 11 is 0. The molecule has 4 rings (SSSR count). The smallest absolute Gasteiger partial charge is 0.258 e. The van der Waals surface area contributed by atoms with Crippen molar-refractivity contribution in [2.45, 2.75) is 13.8 Å². The van der Waals surface area contributed by atoms with E-state index in [0.29, 0.717) is 16.3 Å². The van der Waals surface area contributed by atoms with Gasteiger partial charge in [-0.3, -0.25) is 14.3 Å². The number of hydrogen-bond donors (Lipinski definition) is 0. The third kappa shape index (κ3) is 2.95. The van der Waals surface area contributed by atoms with Gasteiger partial charge in [-0.25, -0.2) is 0 Å². The number of aromatic nitrogens is 3. The molecular weight excluding hydrogens is 350 g/mol. The van der Waals surface area contributed by atoms with Crippen LogP contribution in [0.25, 0.3) is 33.2 Å². The van der Waals surface area contributed by atoms with Crippen molar-refractivity contribution in [3.05, 3.63) is 76.3 Å². The van der Waals surface area contributed by atoms with Gasteiger partial charge in [0.2, 0.25) is 0 Å². The lowest BCUT2D eigenvalue weighted by molar-refractivity contribution is 0.101. The van der Waals surface area contributed by atoms with Gasteiger partial charge in [-0.15, -0.1) is 0 Å². The van der Waals surface area contributed by atoms with Crippen molar-refractivity contribution in [1.82, 2.24) is 14.3 Å². The molecule has 0 saturated heterocycles. The quantitative estimate of drug-likeness (QED) is 0.509. The van der Waals surface area contributed by atoms with Crippen LogP contribution in [0.3, 0.4) is 0 Å². The molecule has 28 heavy (non-hydrogen) atoms. The fourth-order valence-electron chi connectivity index (χ4n) is 3.63. The molecule has 0 aliphatic carbocycles. The van der Waals surface area contributed by atoms with Crippen LogP contribution in [0.4, 0.5) is 0 Å². The van der Waals surface area contributed by atoms with Crippen LogP contribution in [0.1, 0.15) is 22.8 Å². The zero-order valence-electron chi connectivity index (χ0n) is 16.4. The molecule has 2 aromatic carbocycles. The summed E-state index contributed by atoms with van der Waals surface area (Å²) in [5, 5.41) is 5.48. The number of carbonyl (C=O) groups excluding carboxylic acids is 1. The van der Waals surface area contributed by atoms with E-state index in [4.69, 9.17) is 0 Å². The lowest BCUT2D eigenvalue weighted by Crippen LogP contribution is -2.19. The van der Waals surface area contributed by atoms with Crippen molar-refractivity contribution in [3.8, 4) is 22.4 Å². The van der Waals surface area contributed by atoms with Gasteiger partial charge < -0.3 is 4.57 Å². The van der Waals surface area contributed by atoms with Crippen LogP contribution in [0.15, 0.2) is 59.7 Å². The molecule has 0 spiro atoms. The van der Waals surface area contributed by atoms with Crippen LogP contribution in [0.2, 0.25) is 0 Å². The first kappa shape index (κ1) is 17.9. The van der Waals surface area contributed by atoms with Crippen molar-refractivity contribution >= 4 is 16.6 Å². The van der Waals surface area contributed by atoms with Gasteiger partial charge in [-0.05, 0) is 48.7 Å². The number of benzene rings is 2. The minimum Gasteiger partial charge on any atom is -0.311 e. The van der Waals surface area contributed by atoms with E-state index < -0.39 is 0 Å². The summed E-state index contributed by atoms with van der Waals surface area (Å²) in [4.78, 5) is 25.1. The minimum atomic E-state index is -0.102. The molecule has 5 nitrogen and oxygen atoms in total. The average Bonchev–Trinajstić information content (AvgIpc) is 3.11. The maximum atomic E-state index is 13.0. The average molecular weight is 371 g/mol. The summed E-state index contributed by atoms with van der Waals surface area (Å²) in [6, 6.07) is 13.6. The predicted molar refractivity (Wildman–Crippen MR) is 112 cm³/mol. The van der Waals surface area contributed by atoms with Gasteiger partial charge in [0.1, 0.15) is 0 Å². The molecule has 2 aromatic heterocycles. The zero-order chi connectivity index (χ0) is 20.0. The monoisotopic (exact) mass is 371 g/mol. The first-order valence-electron chi connectivity index (χ1n) is 9.10. The van der Waals surface area contributed by atoms with Crippen molar-refractivity contribution in [1.29, 1.82) is 0 Å². The Morgan fingerprint density at radius 2 is 1.61 bits per heavy atom. The van der Waals surface area contributed by atoms with Gasteiger partial charge in [-0.1, -0.05) is 24.3 Å². The van der Waals surface area contributed by atoms with Gasteiger partial charge in [0, 0.05) is 42.2 Å². The summed E-state index contributed by atoms with van der Waals surface area (Å²) in [7, 11) is 3.65. The maximum absolute atomic E-state index is 13.0. The standard InChI is InChI=1S/C23H21N3O2/c1-14-9-19(15(2)27)20-11-22(26(4)23(28)21(20)10-14)17-7-5-16(6-8-17)18-12-24-25(3)13-18/h5-13H,1-4H3. The number of hydrogen-bond acceptors (Lipinski definition) is 3.